The number of rotatable bonds is 2. The summed E-state index contributed by atoms with van der Waals surface area (Å²) >= 11 is 0. The lowest BCUT2D eigenvalue weighted by Crippen LogP contribution is -2.53. The van der Waals surface area contributed by atoms with Gasteiger partial charge in [0.05, 0.1) is 11.3 Å². The third-order valence-electron chi connectivity index (χ3n) is 5.79. The van der Waals surface area contributed by atoms with Crippen LogP contribution in [0.25, 0.3) is 0 Å². The monoisotopic (exact) mass is 280 g/mol. The second-order valence-corrected chi connectivity index (χ2v) is 7.17. The molecule has 0 aromatic carbocycles. The maximum Gasteiger partial charge on any atom is 0.311 e. The van der Waals surface area contributed by atoms with Gasteiger partial charge in [-0.3, -0.25) is 9.59 Å². The number of fused-ring (bicyclic) bond motifs is 2. The summed E-state index contributed by atoms with van der Waals surface area (Å²) in [6.07, 6.45) is 4.77. The minimum absolute atomic E-state index is 0.0146. The molecule has 20 heavy (non-hydrogen) atoms. The average molecular weight is 280 g/mol. The summed E-state index contributed by atoms with van der Waals surface area (Å²) in [5, 5.41) is 9.36. The zero-order valence-electron chi connectivity index (χ0n) is 12.0. The molecule has 5 heteroatoms. The zero-order chi connectivity index (χ0) is 14.5. The van der Waals surface area contributed by atoms with Crippen molar-refractivity contribution in [2.24, 2.45) is 28.9 Å². The number of hydrogen-bond acceptors (Lipinski definition) is 3. The zero-order valence-corrected chi connectivity index (χ0v) is 12.0. The van der Waals surface area contributed by atoms with Gasteiger partial charge in [-0.2, -0.15) is 0 Å². The number of carbonyl (C=O) groups excluding carboxylic acids is 1. The van der Waals surface area contributed by atoms with Gasteiger partial charge in [0, 0.05) is 19.1 Å². The number of carboxylic acid groups (broad SMARTS) is 1. The number of carbonyl (C=O) groups is 2. The van der Waals surface area contributed by atoms with E-state index < -0.39 is 11.4 Å². The minimum atomic E-state index is -0.799. The van der Waals surface area contributed by atoms with Crippen molar-refractivity contribution in [2.75, 3.05) is 13.1 Å². The fraction of sp³-hybridized carbons (Fsp3) is 0.867. The molecule has 2 aliphatic carbocycles. The molecule has 2 saturated carbocycles. The first-order valence-electron chi connectivity index (χ1n) is 7.70. The van der Waals surface area contributed by atoms with E-state index in [4.69, 9.17) is 5.73 Å². The van der Waals surface area contributed by atoms with E-state index in [-0.39, 0.29) is 17.9 Å². The van der Waals surface area contributed by atoms with Gasteiger partial charge in [0.1, 0.15) is 0 Å². The molecule has 0 spiro atoms. The van der Waals surface area contributed by atoms with Gasteiger partial charge in [-0.1, -0.05) is 0 Å². The van der Waals surface area contributed by atoms with Crippen LogP contribution in [-0.2, 0) is 9.59 Å². The molecule has 0 radical (unpaired) electrons. The van der Waals surface area contributed by atoms with E-state index in [1.807, 2.05) is 0 Å². The third-order valence-corrected chi connectivity index (χ3v) is 5.79. The van der Waals surface area contributed by atoms with Crippen LogP contribution in [-0.4, -0.2) is 41.0 Å². The van der Waals surface area contributed by atoms with Crippen molar-refractivity contribution < 1.29 is 14.7 Å². The van der Waals surface area contributed by atoms with Gasteiger partial charge in [-0.15, -0.1) is 0 Å². The molecule has 1 amide bonds. The number of hydrogen-bond donors (Lipinski definition) is 2. The first-order chi connectivity index (χ1) is 9.42. The average Bonchev–Trinajstić information content (AvgIpc) is 2.98. The minimum Gasteiger partial charge on any atom is -0.481 e. The van der Waals surface area contributed by atoms with Crippen LogP contribution in [0.4, 0.5) is 0 Å². The van der Waals surface area contributed by atoms with Crippen molar-refractivity contribution in [3.8, 4) is 0 Å². The van der Waals surface area contributed by atoms with E-state index in [0.717, 1.165) is 25.7 Å². The van der Waals surface area contributed by atoms with Crippen LogP contribution < -0.4 is 5.73 Å². The van der Waals surface area contributed by atoms with E-state index in [1.54, 1.807) is 11.8 Å². The topological polar surface area (TPSA) is 83.6 Å². The van der Waals surface area contributed by atoms with E-state index in [1.165, 1.54) is 0 Å². The Morgan fingerprint density at radius 3 is 2.60 bits per heavy atom. The lowest BCUT2D eigenvalue weighted by molar-refractivity contribution is -0.155. The van der Waals surface area contributed by atoms with Crippen LogP contribution in [0.2, 0.25) is 0 Å². The Labute approximate surface area is 119 Å². The molecule has 3 N–H and O–H groups in total. The van der Waals surface area contributed by atoms with Crippen LogP contribution in [0.5, 0.6) is 0 Å². The van der Waals surface area contributed by atoms with E-state index in [2.05, 4.69) is 0 Å². The summed E-state index contributed by atoms with van der Waals surface area (Å²) < 4.78 is 0. The molecule has 5 atom stereocenters. The van der Waals surface area contributed by atoms with Crippen molar-refractivity contribution >= 4 is 11.9 Å². The highest BCUT2D eigenvalue weighted by atomic mass is 16.4. The van der Waals surface area contributed by atoms with Gasteiger partial charge in [0.15, 0.2) is 0 Å². The van der Waals surface area contributed by atoms with Gasteiger partial charge in [-0.05, 0) is 50.9 Å². The number of likely N-dealkylation sites (tertiary alicyclic amines) is 1. The first-order valence-corrected chi connectivity index (χ1v) is 7.70. The summed E-state index contributed by atoms with van der Waals surface area (Å²) in [5.74, 6) is 0.180. The SMILES string of the molecule is CC1(C(=O)O)CCCN(C(=O)C2C3CCC(C3)C2N)C1. The lowest BCUT2D eigenvalue weighted by atomic mass is 9.79. The van der Waals surface area contributed by atoms with Gasteiger partial charge in [-0.25, -0.2) is 0 Å². The van der Waals surface area contributed by atoms with Crippen molar-refractivity contribution in [3.63, 3.8) is 0 Å². The number of aliphatic carboxylic acids is 1. The predicted octanol–water partition coefficient (Wildman–Crippen LogP) is 1.07. The maximum absolute atomic E-state index is 12.8. The summed E-state index contributed by atoms with van der Waals surface area (Å²) in [4.78, 5) is 25.9. The van der Waals surface area contributed by atoms with E-state index in [0.29, 0.717) is 31.3 Å². The normalized spacial score (nSPS) is 43.8. The molecule has 0 aromatic rings. The summed E-state index contributed by atoms with van der Waals surface area (Å²) in [5.41, 5.74) is 5.44. The lowest BCUT2D eigenvalue weighted by Gasteiger charge is -2.40. The van der Waals surface area contributed by atoms with Crippen molar-refractivity contribution in [2.45, 2.75) is 45.1 Å². The molecular formula is C15H24N2O3. The molecule has 112 valence electrons. The predicted molar refractivity (Wildman–Crippen MR) is 73.9 cm³/mol. The molecule has 2 bridgehead atoms. The van der Waals surface area contributed by atoms with E-state index in [9.17, 15) is 14.7 Å². The number of nitrogens with zero attached hydrogens (tertiary/aromatic N) is 1. The van der Waals surface area contributed by atoms with Crippen molar-refractivity contribution in [1.82, 2.24) is 4.90 Å². The largest absolute Gasteiger partial charge is 0.481 e. The van der Waals surface area contributed by atoms with E-state index >= 15 is 0 Å². The van der Waals surface area contributed by atoms with Crippen LogP contribution in [0.3, 0.4) is 0 Å². The van der Waals surface area contributed by atoms with Gasteiger partial charge >= 0.3 is 5.97 Å². The number of nitrogens with two attached hydrogens (primary N) is 1. The summed E-state index contributed by atoms with van der Waals surface area (Å²) in [6.45, 7) is 2.76. The first kappa shape index (κ1) is 13.9. The molecule has 3 aliphatic rings. The Morgan fingerprint density at radius 1 is 1.30 bits per heavy atom. The highest BCUT2D eigenvalue weighted by molar-refractivity contribution is 5.82. The summed E-state index contributed by atoms with van der Waals surface area (Å²) in [6, 6.07) is -0.0146. The molecule has 0 aromatic heterocycles. The number of amides is 1. The van der Waals surface area contributed by atoms with Gasteiger partial charge in [0.2, 0.25) is 5.91 Å². The molecule has 1 aliphatic heterocycles. The number of piperidine rings is 1. The summed E-state index contributed by atoms with van der Waals surface area (Å²) in [7, 11) is 0. The Balaban J connectivity index is 1.73. The van der Waals surface area contributed by atoms with Crippen LogP contribution in [0.1, 0.15) is 39.0 Å². The Bertz CT molecular complexity index is 437. The van der Waals surface area contributed by atoms with Crippen molar-refractivity contribution in [3.05, 3.63) is 0 Å². The molecule has 5 nitrogen and oxygen atoms in total. The van der Waals surface area contributed by atoms with Crippen LogP contribution >= 0.6 is 0 Å². The third kappa shape index (κ3) is 2.03. The van der Waals surface area contributed by atoms with Crippen LogP contribution in [0.15, 0.2) is 0 Å². The highest BCUT2D eigenvalue weighted by Gasteiger charge is 2.51. The second-order valence-electron chi connectivity index (χ2n) is 7.17. The van der Waals surface area contributed by atoms with Gasteiger partial charge in [0.25, 0.3) is 0 Å². The second kappa shape index (κ2) is 4.72. The Kier molecular flexibility index (Phi) is 3.27. The molecule has 1 heterocycles. The van der Waals surface area contributed by atoms with Crippen molar-refractivity contribution in [1.29, 1.82) is 0 Å². The fourth-order valence-electron chi connectivity index (χ4n) is 4.52. The molecule has 1 saturated heterocycles. The number of carboxylic acids is 1. The maximum atomic E-state index is 12.8. The standard InChI is InChI=1S/C15H24N2O3/c1-15(14(19)20)5-2-6-17(8-15)13(18)11-9-3-4-10(7-9)12(11)16/h9-12H,2-8,16H2,1H3,(H,19,20). The molecule has 5 unspecified atom stereocenters. The smallest absolute Gasteiger partial charge is 0.311 e. The highest BCUT2D eigenvalue weighted by Crippen LogP contribution is 2.48. The molecular weight excluding hydrogens is 256 g/mol. The Hall–Kier alpha value is -1.10. The molecule has 3 rings (SSSR count). The Morgan fingerprint density at radius 2 is 2.00 bits per heavy atom. The fourth-order valence-corrected chi connectivity index (χ4v) is 4.52. The van der Waals surface area contributed by atoms with Crippen LogP contribution in [0, 0.1) is 23.2 Å². The van der Waals surface area contributed by atoms with Gasteiger partial charge < -0.3 is 15.7 Å². The molecule has 3 fully saturated rings. The quantitative estimate of drug-likeness (QED) is 0.792.